The molecule has 0 saturated carbocycles. The fourth-order valence-electron chi connectivity index (χ4n) is 5.48. The van der Waals surface area contributed by atoms with Crippen molar-refractivity contribution in [3.05, 3.63) is 107 Å². The van der Waals surface area contributed by atoms with E-state index in [1.54, 1.807) is 36.4 Å². The molecule has 0 fully saturated rings. The molecule has 4 rings (SSSR count). The normalized spacial score (nSPS) is 11.6. The number of nitrogens with one attached hydrogen (secondary N) is 1. The fourth-order valence-corrected chi connectivity index (χ4v) is 7.11. The van der Waals surface area contributed by atoms with E-state index in [2.05, 4.69) is 5.32 Å². The molecule has 4 aromatic carbocycles. The number of nitrogens with zero attached hydrogens (tertiary/aromatic N) is 2. The summed E-state index contributed by atoms with van der Waals surface area (Å²) in [6, 6.07) is 24.1. The van der Waals surface area contributed by atoms with Gasteiger partial charge < -0.3 is 29.2 Å². The Kier molecular flexibility index (Phi) is 14.0. The molecule has 0 heterocycles. The lowest BCUT2D eigenvalue weighted by atomic mass is 10.0. The molecule has 4 aromatic rings. The van der Waals surface area contributed by atoms with E-state index in [4.69, 9.17) is 30.5 Å². The highest BCUT2D eigenvalue weighted by atomic mass is 35.5. The average molecular weight is 738 g/mol. The lowest BCUT2D eigenvalue weighted by molar-refractivity contribution is -0.140. The second kappa shape index (κ2) is 18.3. The van der Waals surface area contributed by atoms with E-state index in [0.717, 1.165) is 22.7 Å². The van der Waals surface area contributed by atoms with E-state index in [1.807, 2.05) is 37.3 Å². The molecule has 1 atom stereocenters. The minimum Gasteiger partial charge on any atom is -0.497 e. The Balaban J connectivity index is 1.89. The molecule has 0 saturated heterocycles. The molecular weight excluding hydrogens is 694 g/mol. The minimum atomic E-state index is -4.51. The standard InChI is InChI=1S/C38H44ClN3O8S/c1-6-7-21-40-38(44)33(22-27-13-9-8-10-14-27)41(25-28-15-11-12-16-31(28)39)37(43)26-42(32-23-29(47-2)17-19-34(32)48-3)51(45,46)30-18-20-35(49-4)36(24-30)50-5/h8-20,23-24,33H,6-7,21-22,25-26H2,1-5H3,(H,40,44). The van der Waals surface area contributed by atoms with E-state index in [0.29, 0.717) is 28.6 Å². The molecule has 0 aliphatic carbocycles. The van der Waals surface area contributed by atoms with Crippen LogP contribution in [0.15, 0.2) is 95.9 Å². The number of benzene rings is 4. The van der Waals surface area contributed by atoms with Crippen molar-refractivity contribution in [3.63, 3.8) is 0 Å². The Labute approximate surface area is 305 Å². The summed E-state index contributed by atoms with van der Waals surface area (Å²) in [6.07, 6.45) is 1.77. The van der Waals surface area contributed by atoms with Crippen LogP contribution < -0.4 is 28.6 Å². The summed E-state index contributed by atoms with van der Waals surface area (Å²) < 4.78 is 52.1. The van der Waals surface area contributed by atoms with Crippen molar-refractivity contribution >= 4 is 39.1 Å². The van der Waals surface area contributed by atoms with Gasteiger partial charge in [-0.2, -0.15) is 0 Å². The summed E-state index contributed by atoms with van der Waals surface area (Å²) in [5.74, 6) is -0.0351. The summed E-state index contributed by atoms with van der Waals surface area (Å²) in [5.41, 5.74) is 1.44. The first-order chi connectivity index (χ1) is 24.6. The van der Waals surface area contributed by atoms with Crippen LogP contribution in [0.3, 0.4) is 0 Å². The Hall–Kier alpha value is -4.94. The molecule has 1 N–H and O–H groups in total. The highest BCUT2D eigenvalue weighted by molar-refractivity contribution is 7.92. The van der Waals surface area contributed by atoms with E-state index in [9.17, 15) is 18.0 Å². The van der Waals surface area contributed by atoms with E-state index in [1.165, 1.54) is 57.6 Å². The summed E-state index contributed by atoms with van der Waals surface area (Å²) in [4.78, 5) is 30.1. The maximum atomic E-state index is 14.8. The minimum absolute atomic E-state index is 0.0460. The van der Waals surface area contributed by atoms with Crippen molar-refractivity contribution in [1.29, 1.82) is 0 Å². The average Bonchev–Trinajstić information content (AvgIpc) is 3.15. The van der Waals surface area contributed by atoms with Crippen molar-refractivity contribution in [1.82, 2.24) is 10.2 Å². The number of methoxy groups -OCH3 is 4. The summed E-state index contributed by atoms with van der Waals surface area (Å²) >= 11 is 6.60. The molecule has 13 heteroatoms. The molecule has 272 valence electrons. The number of amides is 2. The number of sulfonamides is 1. The van der Waals surface area contributed by atoms with Crippen LogP contribution in [0.5, 0.6) is 23.0 Å². The highest BCUT2D eigenvalue weighted by Gasteiger charge is 2.36. The highest BCUT2D eigenvalue weighted by Crippen LogP contribution is 2.38. The predicted molar refractivity (Wildman–Crippen MR) is 197 cm³/mol. The molecule has 51 heavy (non-hydrogen) atoms. The van der Waals surface area contributed by atoms with Gasteiger partial charge in [0.25, 0.3) is 10.0 Å². The number of anilines is 1. The second-order valence-corrected chi connectivity index (χ2v) is 13.8. The van der Waals surface area contributed by atoms with Gasteiger partial charge in [0.2, 0.25) is 11.8 Å². The van der Waals surface area contributed by atoms with Gasteiger partial charge in [0.05, 0.1) is 39.0 Å². The Morgan fingerprint density at radius 3 is 2.12 bits per heavy atom. The molecule has 0 radical (unpaired) electrons. The summed E-state index contributed by atoms with van der Waals surface area (Å²) in [6.45, 7) is 1.64. The first kappa shape index (κ1) is 38.9. The van der Waals surface area contributed by atoms with Gasteiger partial charge in [0, 0.05) is 36.7 Å². The predicted octanol–water partition coefficient (Wildman–Crippen LogP) is 6.13. The van der Waals surface area contributed by atoms with Gasteiger partial charge in [-0.3, -0.25) is 13.9 Å². The largest absolute Gasteiger partial charge is 0.497 e. The third-order valence-electron chi connectivity index (χ3n) is 8.28. The van der Waals surface area contributed by atoms with Gasteiger partial charge in [-0.15, -0.1) is 0 Å². The van der Waals surface area contributed by atoms with E-state index < -0.39 is 28.5 Å². The van der Waals surface area contributed by atoms with E-state index in [-0.39, 0.29) is 41.0 Å². The number of unbranched alkanes of at least 4 members (excludes halogenated alkanes) is 1. The van der Waals surface area contributed by atoms with Crippen molar-refractivity contribution in [2.24, 2.45) is 0 Å². The molecule has 1 unspecified atom stereocenters. The van der Waals surface area contributed by atoms with Crippen molar-refractivity contribution in [2.45, 2.75) is 43.7 Å². The monoisotopic (exact) mass is 737 g/mol. The fraction of sp³-hybridized carbons (Fsp3) is 0.316. The lowest BCUT2D eigenvalue weighted by Crippen LogP contribution is -2.53. The third kappa shape index (κ3) is 9.65. The van der Waals surface area contributed by atoms with Crippen molar-refractivity contribution in [2.75, 3.05) is 45.8 Å². The topological polar surface area (TPSA) is 124 Å². The Morgan fingerprint density at radius 1 is 0.804 bits per heavy atom. The van der Waals surface area contributed by atoms with Gasteiger partial charge in [0.15, 0.2) is 11.5 Å². The molecule has 0 bridgehead atoms. The number of hydrogen-bond donors (Lipinski definition) is 1. The number of hydrogen-bond acceptors (Lipinski definition) is 8. The van der Waals surface area contributed by atoms with Gasteiger partial charge in [-0.1, -0.05) is 73.5 Å². The molecule has 0 aliphatic rings. The SMILES string of the molecule is CCCCNC(=O)C(Cc1ccccc1)N(Cc1ccccc1Cl)C(=O)CN(c1cc(OC)ccc1OC)S(=O)(=O)c1ccc(OC)c(OC)c1. The van der Waals surface area contributed by atoms with Crippen LogP contribution in [0.4, 0.5) is 5.69 Å². The van der Waals surface area contributed by atoms with Crippen LogP contribution in [-0.2, 0) is 32.6 Å². The molecule has 0 aromatic heterocycles. The number of halogens is 1. The van der Waals surface area contributed by atoms with Crippen molar-refractivity contribution in [3.8, 4) is 23.0 Å². The van der Waals surface area contributed by atoms with Crippen molar-refractivity contribution < 1.29 is 37.0 Å². The van der Waals surface area contributed by atoms with Gasteiger partial charge in [-0.25, -0.2) is 8.42 Å². The zero-order valence-electron chi connectivity index (χ0n) is 29.4. The first-order valence-corrected chi connectivity index (χ1v) is 18.2. The number of rotatable bonds is 18. The van der Waals surface area contributed by atoms with Crippen LogP contribution >= 0.6 is 11.6 Å². The van der Waals surface area contributed by atoms with Gasteiger partial charge in [0.1, 0.15) is 24.1 Å². The van der Waals surface area contributed by atoms with Crippen LogP contribution in [0.25, 0.3) is 0 Å². The summed E-state index contributed by atoms with van der Waals surface area (Å²) in [5, 5.41) is 3.37. The number of ether oxygens (including phenoxy) is 4. The van der Waals surface area contributed by atoms with E-state index >= 15 is 0 Å². The second-order valence-electron chi connectivity index (χ2n) is 11.5. The zero-order chi connectivity index (χ0) is 37.0. The Bertz CT molecular complexity index is 1890. The zero-order valence-corrected chi connectivity index (χ0v) is 31.0. The third-order valence-corrected chi connectivity index (χ3v) is 10.4. The molecule has 11 nitrogen and oxygen atoms in total. The van der Waals surface area contributed by atoms with Gasteiger partial charge >= 0.3 is 0 Å². The van der Waals surface area contributed by atoms with Crippen LogP contribution in [0.1, 0.15) is 30.9 Å². The quantitative estimate of drug-likeness (QED) is 0.121. The van der Waals surface area contributed by atoms with Crippen LogP contribution in [0.2, 0.25) is 5.02 Å². The maximum Gasteiger partial charge on any atom is 0.265 e. The molecule has 0 spiro atoms. The maximum absolute atomic E-state index is 14.8. The number of carbonyl (C=O) groups is 2. The van der Waals surface area contributed by atoms with Crippen LogP contribution in [0, 0.1) is 0 Å². The lowest BCUT2D eigenvalue weighted by Gasteiger charge is -2.34. The molecule has 0 aliphatic heterocycles. The van der Waals surface area contributed by atoms with Crippen LogP contribution in [-0.4, -0.2) is 72.7 Å². The first-order valence-electron chi connectivity index (χ1n) is 16.4. The van der Waals surface area contributed by atoms with Gasteiger partial charge in [-0.05, 0) is 47.9 Å². The number of carbonyl (C=O) groups excluding carboxylic acids is 2. The smallest absolute Gasteiger partial charge is 0.265 e. The molecular formula is C38H44ClN3O8S. The Morgan fingerprint density at radius 2 is 1.47 bits per heavy atom. The summed E-state index contributed by atoms with van der Waals surface area (Å²) in [7, 11) is 1.16. The molecule has 2 amide bonds.